The molecule has 2 unspecified atom stereocenters. The van der Waals surface area contributed by atoms with Gasteiger partial charge in [0.05, 0.1) is 0 Å². The van der Waals surface area contributed by atoms with Gasteiger partial charge in [-0.05, 0) is 46.0 Å². The van der Waals surface area contributed by atoms with Gasteiger partial charge in [-0.25, -0.2) is 0 Å². The first kappa shape index (κ1) is 19.6. The van der Waals surface area contributed by atoms with E-state index in [1.165, 1.54) is 6.42 Å². The number of amides is 1. The van der Waals surface area contributed by atoms with Crippen molar-refractivity contribution >= 4 is 14.7 Å². The minimum atomic E-state index is -2.49. The molecule has 5 nitrogen and oxygen atoms in total. The fourth-order valence-corrected chi connectivity index (χ4v) is 5.07. The lowest BCUT2D eigenvalue weighted by Crippen LogP contribution is -2.45. The largest absolute Gasteiger partial charge is 0.500 e. The van der Waals surface area contributed by atoms with Gasteiger partial charge < -0.3 is 18.6 Å². The summed E-state index contributed by atoms with van der Waals surface area (Å²) < 4.78 is 16.4. The van der Waals surface area contributed by atoms with Gasteiger partial charge in [0.2, 0.25) is 5.91 Å². The van der Waals surface area contributed by atoms with E-state index in [1.807, 2.05) is 20.8 Å². The molecular formula is C16H33NO4Si. The predicted octanol–water partition coefficient (Wildman–Crippen LogP) is 2.98. The van der Waals surface area contributed by atoms with Crippen molar-refractivity contribution in [3.05, 3.63) is 0 Å². The molecule has 0 radical (unpaired) electrons. The van der Waals surface area contributed by atoms with Crippen LogP contribution >= 0.6 is 0 Å². The third kappa shape index (κ3) is 5.99. The molecule has 6 heteroatoms. The van der Waals surface area contributed by atoms with E-state index < -0.39 is 8.80 Å². The molecule has 22 heavy (non-hydrogen) atoms. The van der Waals surface area contributed by atoms with Gasteiger partial charge in [-0.1, -0.05) is 12.8 Å². The molecule has 1 amide bonds. The van der Waals surface area contributed by atoms with Gasteiger partial charge in [-0.15, -0.1) is 0 Å². The van der Waals surface area contributed by atoms with E-state index in [-0.39, 0.29) is 17.4 Å². The zero-order valence-electron chi connectivity index (χ0n) is 15.0. The third-order valence-corrected chi connectivity index (χ3v) is 7.21. The maximum Gasteiger partial charge on any atom is 0.500 e. The van der Waals surface area contributed by atoms with Crippen LogP contribution in [0.2, 0.25) is 6.04 Å². The van der Waals surface area contributed by atoms with Gasteiger partial charge >= 0.3 is 8.80 Å². The van der Waals surface area contributed by atoms with Gasteiger partial charge in [0.25, 0.3) is 0 Å². The van der Waals surface area contributed by atoms with E-state index in [0.29, 0.717) is 5.92 Å². The van der Waals surface area contributed by atoms with Crippen LogP contribution in [0.5, 0.6) is 0 Å². The Labute approximate surface area is 136 Å². The number of hydrogen-bond donors (Lipinski definition) is 1. The van der Waals surface area contributed by atoms with Gasteiger partial charge in [-0.3, -0.25) is 4.79 Å². The zero-order chi connectivity index (χ0) is 16.8. The van der Waals surface area contributed by atoms with Crippen molar-refractivity contribution < 1.29 is 18.1 Å². The molecule has 1 N–H and O–H groups in total. The number of hydrogen-bond acceptors (Lipinski definition) is 4. The van der Waals surface area contributed by atoms with Crippen LogP contribution in [0.3, 0.4) is 0 Å². The summed E-state index contributed by atoms with van der Waals surface area (Å²) >= 11 is 0. The zero-order valence-corrected chi connectivity index (χ0v) is 16.0. The molecule has 1 saturated carbocycles. The van der Waals surface area contributed by atoms with Crippen molar-refractivity contribution in [1.82, 2.24) is 5.32 Å². The highest BCUT2D eigenvalue weighted by molar-refractivity contribution is 6.60. The van der Waals surface area contributed by atoms with E-state index in [9.17, 15) is 4.79 Å². The third-order valence-electron chi connectivity index (χ3n) is 4.44. The highest BCUT2D eigenvalue weighted by Gasteiger charge is 2.39. The highest BCUT2D eigenvalue weighted by Crippen LogP contribution is 2.34. The van der Waals surface area contributed by atoms with E-state index in [2.05, 4.69) is 5.32 Å². The van der Waals surface area contributed by atoms with Crippen LogP contribution in [0.25, 0.3) is 0 Å². The lowest BCUT2D eigenvalue weighted by Gasteiger charge is -2.32. The molecule has 0 aliphatic heterocycles. The molecular weight excluding hydrogens is 298 g/mol. The summed E-state index contributed by atoms with van der Waals surface area (Å²) in [6, 6.07) is 0.814. The van der Waals surface area contributed by atoms with Crippen molar-refractivity contribution in [2.45, 2.75) is 64.5 Å². The Kier molecular flexibility index (Phi) is 7.51. The molecule has 0 bridgehead atoms. The maximum absolute atomic E-state index is 12.4. The Bertz CT molecular complexity index is 344. The van der Waals surface area contributed by atoms with E-state index >= 15 is 0 Å². The van der Waals surface area contributed by atoms with Crippen molar-refractivity contribution in [1.29, 1.82) is 0 Å². The van der Waals surface area contributed by atoms with Gasteiger partial charge in [0.15, 0.2) is 0 Å². The molecule has 1 aliphatic carbocycles. The summed E-state index contributed by atoms with van der Waals surface area (Å²) in [5.74, 6) is 0.893. The van der Waals surface area contributed by atoms with E-state index in [1.54, 1.807) is 21.3 Å². The Morgan fingerprint density at radius 2 is 1.73 bits per heavy atom. The topological polar surface area (TPSA) is 56.8 Å². The minimum Gasteiger partial charge on any atom is -0.377 e. The monoisotopic (exact) mass is 331 g/mol. The summed E-state index contributed by atoms with van der Waals surface area (Å²) in [6.07, 6.45) is 5.26. The van der Waals surface area contributed by atoms with Gasteiger partial charge in [-0.2, -0.15) is 0 Å². The number of carbonyl (C=O) groups excluding carboxylic acids is 1. The van der Waals surface area contributed by atoms with Crippen LogP contribution in [0.4, 0.5) is 0 Å². The minimum absolute atomic E-state index is 0.140. The van der Waals surface area contributed by atoms with Gasteiger partial charge in [0, 0.05) is 38.8 Å². The Balaban J connectivity index is 2.51. The lowest BCUT2D eigenvalue weighted by molar-refractivity contribution is -0.127. The molecule has 0 heterocycles. The summed E-state index contributed by atoms with van der Waals surface area (Å²) in [5.41, 5.74) is -0.158. The molecule has 0 spiro atoms. The van der Waals surface area contributed by atoms with Crippen molar-refractivity contribution in [3.8, 4) is 0 Å². The van der Waals surface area contributed by atoms with Crippen LogP contribution < -0.4 is 5.32 Å². The second-order valence-corrected chi connectivity index (χ2v) is 10.4. The van der Waals surface area contributed by atoms with Crippen LogP contribution in [-0.4, -0.2) is 41.6 Å². The van der Waals surface area contributed by atoms with Crippen molar-refractivity contribution in [2.24, 2.45) is 11.8 Å². The molecule has 0 aromatic carbocycles. The van der Waals surface area contributed by atoms with Crippen LogP contribution in [-0.2, 0) is 18.1 Å². The molecule has 1 rings (SSSR count). The second-order valence-electron chi connectivity index (χ2n) is 7.30. The van der Waals surface area contributed by atoms with E-state index in [0.717, 1.165) is 31.7 Å². The van der Waals surface area contributed by atoms with Crippen molar-refractivity contribution in [3.63, 3.8) is 0 Å². The van der Waals surface area contributed by atoms with Crippen LogP contribution in [0.15, 0.2) is 0 Å². The normalized spacial score (nSPS) is 23.4. The molecule has 130 valence electrons. The summed E-state index contributed by atoms with van der Waals surface area (Å²) in [5, 5.41) is 3.11. The number of nitrogens with one attached hydrogen (secondary N) is 1. The first-order valence-electron chi connectivity index (χ1n) is 8.22. The number of rotatable bonds is 7. The molecule has 0 saturated heterocycles. The summed E-state index contributed by atoms with van der Waals surface area (Å²) in [6.45, 7) is 6.09. The first-order valence-corrected chi connectivity index (χ1v) is 10.2. The predicted molar refractivity (Wildman–Crippen MR) is 89.5 cm³/mol. The summed E-state index contributed by atoms with van der Waals surface area (Å²) in [4.78, 5) is 12.4. The Morgan fingerprint density at radius 1 is 1.14 bits per heavy atom. The molecule has 1 fully saturated rings. The maximum atomic E-state index is 12.4. The smallest absolute Gasteiger partial charge is 0.377 e. The number of carbonyl (C=O) groups is 1. The van der Waals surface area contributed by atoms with Crippen molar-refractivity contribution in [2.75, 3.05) is 21.3 Å². The summed E-state index contributed by atoms with van der Waals surface area (Å²) in [7, 11) is 2.47. The fraction of sp³-hybridized carbons (Fsp3) is 0.938. The molecule has 1 aliphatic rings. The molecule has 2 atom stereocenters. The van der Waals surface area contributed by atoms with E-state index in [4.69, 9.17) is 13.3 Å². The SMILES string of the molecule is CO[Si](CCC1CCCC(C(=O)NC(C)(C)C)C1)(OC)OC. The quantitative estimate of drug-likeness (QED) is 0.729. The van der Waals surface area contributed by atoms with Crippen LogP contribution in [0, 0.1) is 11.8 Å². The first-order chi connectivity index (χ1) is 10.2. The fourth-order valence-electron chi connectivity index (χ4n) is 3.20. The van der Waals surface area contributed by atoms with Gasteiger partial charge in [0.1, 0.15) is 0 Å². The average Bonchev–Trinajstić information content (AvgIpc) is 2.48. The lowest BCUT2D eigenvalue weighted by atomic mass is 9.79. The molecule has 0 aromatic rings. The Morgan fingerprint density at radius 3 is 2.23 bits per heavy atom. The Hall–Kier alpha value is -0.433. The standard InChI is InChI=1S/C16H33NO4Si/c1-16(2,3)17-15(18)14-9-7-8-13(12-14)10-11-22(19-4,20-5)21-6/h13-14H,7-12H2,1-6H3,(H,17,18). The highest BCUT2D eigenvalue weighted by atomic mass is 28.4. The second kappa shape index (κ2) is 8.43. The average molecular weight is 332 g/mol. The van der Waals surface area contributed by atoms with Crippen LogP contribution in [0.1, 0.15) is 52.9 Å². The molecule has 0 aromatic heterocycles.